The van der Waals surface area contributed by atoms with E-state index < -0.39 is 0 Å². The second-order valence-electron chi connectivity index (χ2n) is 6.98. The molecule has 1 aliphatic heterocycles. The highest BCUT2D eigenvalue weighted by molar-refractivity contribution is 5.43. The lowest BCUT2D eigenvalue weighted by Gasteiger charge is -2.20. The zero-order valence-corrected chi connectivity index (χ0v) is 16.2. The average molecular weight is 359 g/mol. The van der Waals surface area contributed by atoms with Crippen LogP contribution >= 0.6 is 0 Å². The van der Waals surface area contributed by atoms with Crippen molar-refractivity contribution in [3.63, 3.8) is 0 Å². The van der Waals surface area contributed by atoms with Gasteiger partial charge in [-0.3, -0.25) is 0 Å². The Kier molecular flexibility index (Phi) is 6.16. The molecule has 6 heteroatoms. The normalized spacial score (nSPS) is 17.6. The number of hydrogen-bond acceptors (Lipinski definition) is 6. The quantitative estimate of drug-likeness (QED) is 0.782. The first-order valence-corrected chi connectivity index (χ1v) is 9.21. The standard InChI is InChI=1S/C20H29N3O3/c1-14-18(15(2)26-22-14)13-25-19-8-7-16(10-20(19)24-4)11-21-12-17-6-5-9-23(17)3/h7-8,10,17,21H,5-6,9,11-13H2,1-4H3. The number of aryl methyl sites for hydroxylation is 2. The van der Waals surface area contributed by atoms with Crippen LogP contribution in [0.1, 0.15) is 35.4 Å². The van der Waals surface area contributed by atoms with Gasteiger partial charge in [-0.15, -0.1) is 0 Å². The molecule has 1 unspecified atom stereocenters. The number of methoxy groups -OCH3 is 1. The Labute approximate surface area is 155 Å². The highest BCUT2D eigenvalue weighted by Gasteiger charge is 2.20. The van der Waals surface area contributed by atoms with E-state index in [2.05, 4.69) is 28.5 Å². The number of aromatic nitrogens is 1. The summed E-state index contributed by atoms with van der Waals surface area (Å²) in [7, 11) is 3.87. The smallest absolute Gasteiger partial charge is 0.161 e. The summed E-state index contributed by atoms with van der Waals surface area (Å²) in [6, 6.07) is 6.73. The van der Waals surface area contributed by atoms with Gasteiger partial charge >= 0.3 is 0 Å². The Morgan fingerprint density at radius 3 is 2.81 bits per heavy atom. The largest absolute Gasteiger partial charge is 0.493 e. The monoisotopic (exact) mass is 359 g/mol. The molecule has 1 aliphatic rings. The van der Waals surface area contributed by atoms with Crippen molar-refractivity contribution in [1.29, 1.82) is 0 Å². The van der Waals surface area contributed by atoms with Crippen molar-refractivity contribution in [2.75, 3.05) is 27.2 Å². The molecular formula is C20H29N3O3. The highest BCUT2D eigenvalue weighted by atomic mass is 16.5. The van der Waals surface area contributed by atoms with E-state index >= 15 is 0 Å². The lowest BCUT2D eigenvalue weighted by atomic mass is 10.1. The minimum absolute atomic E-state index is 0.420. The number of nitrogens with one attached hydrogen (secondary N) is 1. The summed E-state index contributed by atoms with van der Waals surface area (Å²) in [5, 5.41) is 7.51. The lowest BCUT2D eigenvalue weighted by molar-refractivity contribution is 0.281. The Bertz CT molecular complexity index is 710. The van der Waals surface area contributed by atoms with E-state index in [0.717, 1.165) is 41.6 Å². The number of hydrogen-bond donors (Lipinski definition) is 1. The van der Waals surface area contributed by atoms with E-state index in [-0.39, 0.29) is 0 Å². The molecule has 1 aromatic carbocycles. The minimum atomic E-state index is 0.420. The van der Waals surface area contributed by atoms with Crippen LogP contribution < -0.4 is 14.8 Å². The second-order valence-corrected chi connectivity index (χ2v) is 6.98. The van der Waals surface area contributed by atoms with Gasteiger partial charge in [0.2, 0.25) is 0 Å². The van der Waals surface area contributed by atoms with Crippen LogP contribution in [-0.2, 0) is 13.2 Å². The van der Waals surface area contributed by atoms with E-state index in [1.54, 1.807) is 7.11 Å². The van der Waals surface area contributed by atoms with Gasteiger partial charge in [0.25, 0.3) is 0 Å². The SMILES string of the molecule is COc1cc(CNCC2CCCN2C)ccc1OCc1c(C)noc1C. The fraction of sp³-hybridized carbons (Fsp3) is 0.550. The molecule has 1 aromatic heterocycles. The molecule has 0 radical (unpaired) electrons. The molecule has 1 N–H and O–H groups in total. The lowest BCUT2D eigenvalue weighted by Crippen LogP contribution is -2.35. The summed E-state index contributed by atoms with van der Waals surface area (Å²) in [4.78, 5) is 2.43. The van der Waals surface area contributed by atoms with Crippen molar-refractivity contribution in [1.82, 2.24) is 15.4 Å². The van der Waals surface area contributed by atoms with Gasteiger partial charge in [0.05, 0.1) is 18.4 Å². The van der Waals surface area contributed by atoms with Crippen molar-refractivity contribution in [3.05, 3.63) is 40.8 Å². The van der Waals surface area contributed by atoms with Gasteiger partial charge in [0, 0.05) is 19.1 Å². The van der Waals surface area contributed by atoms with Gasteiger partial charge in [0.15, 0.2) is 11.5 Å². The second kappa shape index (κ2) is 8.56. The van der Waals surface area contributed by atoms with E-state index in [0.29, 0.717) is 12.6 Å². The molecule has 6 nitrogen and oxygen atoms in total. The molecule has 2 heterocycles. The third-order valence-electron chi connectivity index (χ3n) is 5.16. The molecule has 142 valence electrons. The maximum atomic E-state index is 5.94. The summed E-state index contributed by atoms with van der Waals surface area (Å²) in [5.74, 6) is 2.26. The molecule has 26 heavy (non-hydrogen) atoms. The predicted octanol–water partition coefficient (Wildman–Crippen LogP) is 3.06. The van der Waals surface area contributed by atoms with Gasteiger partial charge in [-0.25, -0.2) is 0 Å². The average Bonchev–Trinajstić information content (AvgIpc) is 3.19. The third-order valence-corrected chi connectivity index (χ3v) is 5.16. The van der Waals surface area contributed by atoms with Crippen LogP contribution in [0.3, 0.4) is 0 Å². The molecular weight excluding hydrogens is 330 g/mol. The van der Waals surface area contributed by atoms with Crippen LogP contribution in [0.2, 0.25) is 0 Å². The van der Waals surface area contributed by atoms with Gasteiger partial charge in [-0.05, 0) is 58.0 Å². The number of nitrogens with zero attached hydrogens (tertiary/aromatic N) is 2. The zero-order valence-electron chi connectivity index (χ0n) is 16.2. The first-order chi connectivity index (χ1) is 12.6. The van der Waals surface area contributed by atoms with Crippen LogP contribution in [-0.4, -0.2) is 43.3 Å². The molecule has 3 rings (SSSR count). The van der Waals surface area contributed by atoms with Crippen molar-refractivity contribution in [2.45, 2.75) is 45.9 Å². The highest BCUT2D eigenvalue weighted by Crippen LogP contribution is 2.29. The van der Waals surface area contributed by atoms with Crippen molar-refractivity contribution >= 4 is 0 Å². The zero-order chi connectivity index (χ0) is 18.5. The van der Waals surface area contributed by atoms with Crippen LogP contribution in [0.15, 0.2) is 22.7 Å². The molecule has 1 saturated heterocycles. The maximum absolute atomic E-state index is 5.94. The summed E-state index contributed by atoms with van der Waals surface area (Å²) >= 11 is 0. The fourth-order valence-corrected chi connectivity index (χ4v) is 3.42. The summed E-state index contributed by atoms with van der Waals surface area (Å²) < 4.78 is 16.6. The number of likely N-dealkylation sites (tertiary alicyclic amines) is 1. The third kappa shape index (κ3) is 4.37. The molecule has 0 bridgehead atoms. The number of likely N-dealkylation sites (N-methyl/N-ethyl adjacent to an activating group) is 1. The molecule has 0 saturated carbocycles. The van der Waals surface area contributed by atoms with Crippen LogP contribution in [0, 0.1) is 13.8 Å². The van der Waals surface area contributed by atoms with Gasteiger partial charge in [-0.2, -0.15) is 0 Å². The van der Waals surface area contributed by atoms with Crippen LogP contribution in [0.4, 0.5) is 0 Å². The Hall–Kier alpha value is -2.05. The van der Waals surface area contributed by atoms with E-state index in [9.17, 15) is 0 Å². The summed E-state index contributed by atoms with van der Waals surface area (Å²) in [6.45, 7) is 7.28. The Morgan fingerprint density at radius 1 is 1.31 bits per heavy atom. The summed E-state index contributed by atoms with van der Waals surface area (Å²) in [5.41, 5.74) is 3.03. The van der Waals surface area contributed by atoms with Crippen molar-refractivity contribution in [3.8, 4) is 11.5 Å². The van der Waals surface area contributed by atoms with Crippen molar-refractivity contribution in [2.24, 2.45) is 0 Å². The fourth-order valence-electron chi connectivity index (χ4n) is 3.42. The van der Waals surface area contributed by atoms with Crippen molar-refractivity contribution < 1.29 is 14.0 Å². The van der Waals surface area contributed by atoms with E-state index in [4.69, 9.17) is 14.0 Å². The van der Waals surface area contributed by atoms with Gasteiger partial charge in [0.1, 0.15) is 12.4 Å². The molecule has 0 spiro atoms. The maximum Gasteiger partial charge on any atom is 0.161 e. The molecule has 0 amide bonds. The summed E-state index contributed by atoms with van der Waals surface area (Å²) in [6.07, 6.45) is 2.58. The predicted molar refractivity (Wildman–Crippen MR) is 101 cm³/mol. The minimum Gasteiger partial charge on any atom is -0.493 e. The number of benzene rings is 1. The van der Waals surface area contributed by atoms with E-state index in [1.165, 1.54) is 24.9 Å². The molecule has 0 aliphatic carbocycles. The Balaban J connectivity index is 1.56. The van der Waals surface area contributed by atoms with Gasteiger partial charge in [-0.1, -0.05) is 11.2 Å². The van der Waals surface area contributed by atoms with Gasteiger partial charge < -0.3 is 24.2 Å². The molecule has 1 fully saturated rings. The molecule has 1 atom stereocenters. The number of ether oxygens (including phenoxy) is 2. The molecule has 2 aromatic rings. The Morgan fingerprint density at radius 2 is 2.15 bits per heavy atom. The van der Waals surface area contributed by atoms with Crippen LogP contribution in [0.25, 0.3) is 0 Å². The first-order valence-electron chi connectivity index (χ1n) is 9.21. The number of rotatable bonds is 8. The van der Waals surface area contributed by atoms with E-state index in [1.807, 2.05) is 26.0 Å². The van der Waals surface area contributed by atoms with Crippen LogP contribution in [0.5, 0.6) is 11.5 Å². The topological polar surface area (TPSA) is 59.8 Å². The first kappa shape index (κ1) is 18.7.